The van der Waals surface area contributed by atoms with Crippen molar-refractivity contribution < 1.29 is 47.5 Å². The molecule has 0 atom stereocenters. The zero-order chi connectivity index (χ0) is 41.2. The monoisotopic (exact) mass is 774 g/mol. The molecular formula is C44H52F2N2O8. The molecule has 0 aliphatic heterocycles. The molecule has 0 fully saturated rings. The van der Waals surface area contributed by atoms with E-state index in [1.54, 1.807) is 14.2 Å². The van der Waals surface area contributed by atoms with E-state index in [1.165, 1.54) is 0 Å². The summed E-state index contributed by atoms with van der Waals surface area (Å²) in [6.45, 7) is 17.0. The zero-order valence-electron chi connectivity index (χ0n) is 33.7. The number of carbonyl (C=O) groups excluding carboxylic acids is 2. The number of methoxy groups -OCH3 is 2. The predicted molar refractivity (Wildman–Crippen MR) is 214 cm³/mol. The molecule has 0 radical (unpaired) electrons. The van der Waals surface area contributed by atoms with Crippen LogP contribution in [0.2, 0.25) is 0 Å². The molecule has 1 aliphatic rings. The van der Waals surface area contributed by atoms with Crippen molar-refractivity contribution in [1.29, 1.82) is 0 Å². The van der Waals surface area contributed by atoms with E-state index in [9.17, 15) is 19.8 Å². The Morgan fingerprint density at radius 3 is 1.09 bits per heavy atom. The molecule has 0 bridgehead atoms. The number of nitrogens with one attached hydrogen (secondary N) is 2. The smallest absolute Gasteiger partial charge is 0.201 e. The van der Waals surface area contributed by atoms with Gasteiger partial charge in [0.15, 0.2) is 11.6 Å². The highest BCUT2D eigenvalue weighted by Gasteiger charge is 2.42. The van der Waals surface area contributed by atoms with Gasteiger partial charge in [-0.05, 0) is 82.3 Å². The Morgan fingerprint density at radius 2 is 0.821 bits per heavy atom. The molecule has 12 heteroatoms. The summed E-state index contributed by atoms with van der Waals surface area (Å²) in [5.74, 6) is -5.42. The highest BCUT2D eigenvalue weighted by molar-refractivity contribution is 6.31. The number of ether oxygens (including phenoxy) is 4. The number of fused-ring (bicyclic) bond motifs is 2. The van der Waals surface area contributed by atoms with E-state index < -0.39 is 68.3 Å². The molecule has 5 rings (SSSR count). The minimum Gasteiger partial charge on any atom is -0.507 e. The Kier molecular flexibility index (Phi) is 13.0. The lowest BCUT2D eigenvalue weighted by molar-refractivity contribution is 0.0967. The molecule has 0 spiro atoms. The second kappa shape index (κ2) is 17.3. The van der Waals surface area contributed by atoms with Crippen LogP contribution in [0.25, 0.3) is 0 Å². The molecule has 0 saturated heterocycles. The fourth-order valence-electron chi connectivity index (χ4n) is 6.97. The minimum atomic E-state index is -1.21. The number of hydrogen-bond acceptors (Lipinski definition) is 10. The molecule has 10 nitrogen and oxygen atoms in total. The van der Waals surface area contributed by atoms with Gasteiger partial charge in [0.1, 0.15) is 47.6 Å². The van der Waals surface area contributed by atoms with Gasteiger partial charge in [-0.1, -0.05) is 55.4 Å². The van der Waals surface area contributed by atoms with Crippen LogP contribution in [-0.4, -0.2) is 62.4 Å². The van der Waals surface area contributed by atoms with Crippen LogP contribution in [0, 0.1) is 11.6 Å². The Balaban J connectivity index is 1.84. The van der Waals surface area contributed by atoms with E-state index in [2.05, 4.69) is 10.6 Å². The molecule has 0 saturated carbocycles. The fourth-order valence-corrected chi connectivity index (χ4v) is 6.97. The molecule has 4 aromatic rings. The fraction of sp³-hybridized carbons (Fsp3) is 0.409. The number of carbonyl (C=O) groups is 2. The van der Waals surface area contributed by atoms with Gasteiger partial charge < -0.3 is 39.8 Å². The summed E-state index contributed by atoms with van der Waals surface area (Å²) in [7, 11) is 3.15. The number of rotatable bonds is 16. The van der Waals surface area contributed by atoms with E-state index in [4.69, 9.17) is 18.9 Å². The quantitative estimate of drug-likeness (QED) is 0.0567. The van der Waals surface area contributed by atoms with Crippen LogP contribution in [-0.2, 0) is 9.47 Å². The summed E-state index contributed by atoms with van der Waals surface area (Å²) in [5, 5.41) is 27.8. The molecule has 300 valence electrons. The van der Waals surface area contributed by atoms with Crippen molar-refractivity contribution in [2.45, 2.75) is 79.1 Å². The van der Waals surface area contributed by atoms with Gasteiger partial charge in [0.05, 0.1) is 35.5 Å². The zero-order valence-corrected chi connectivity index (χ0v) is 33.7. The number of benzene rings is 4. The Labute approximate surface area is 327 Å². The predicted octanol–water partition coefficient (Wildman–Crippen LogP) is 10.2. The molecule has 4 aromatic carbocycles. The lowest BCUT2D eigenvalue weighted by Crippen LogP contribution is -2.26. The lowest BCUT2D eigenvalue weighted by Gasteiger charge is -2.29. The maximum absolute atomic E-state index is 17.6. The van der Waals surface area contributed by atoms with Crippen molar-refractivity contribution in [2.75, 3.05) is 51.3 Å². The number of aromatic hydroxyl groups is 2. The number of anilines is 4. The molecule has 0 heterocycles. The van der Waals surface area contributed by atoms with Gasteiger partial charge in [-0.3, -0.25) is 9.59 Å². The van der Waals surface area contributed by atoms with E-state index in [0.717, 1.165) is 34.4 Å². The van der Waals surface area contributed by atoms with Crippen LogP contribution >= 0.6 is 0 Å². The summed E-state index contributed by atoms with van der Waals surface area (Å²) in [6, 6.07) is 9.37. The standard InChI is InChI=1S/C44H52F2N2O8/c1-21(2)27-17-25(55-15-13-53-9)18-28(22(3)4)39(27)47-41-37(45)35-36(44(52)34-32(50)12-11-31(49)33(34)43(35)51)38(46)42(41)48-40-29(23(5)6)19-26(56-16-14-54-10)20-30(40)24(7)8/h11-12,17-24,47-50H,13-16H2,1-10H3. The Bertz CT molecular complexity index is 1940. The van der Waals surface area contributed by atoms with E-state index in [1.807, 2.05) is 79.7 Å². The molecule has 0 amide bonds. The van der Waals surface area contributed by atoms with Crippen LogP contribution < -0.4 is 20.1 Å². The Morgan fingerprint density at radius 1 is 0.518 bits per heavy atom. The normalized spacial score (nSPS) is 12.5. The van der Waals surface area contributed by atoms with Gasteiger partial charge in [0, 0.05) is 25.6 Å². The summed E-state index contributed by atoms with van der Waals surface area (Å²) in [4.78, 5) is 28.2. The second-order valence-electron chi connectivity index (χ2n) is 15.1. The van der Waals surface area contributed by atoms with Gasteiger partial charge in [-0.15, -0.1) is 0 Å². The highest BCUT2D eigenvalue weighted by Crippen LogP contribution is 2.48. The average Bonchev–Trinajstić information content (AvgIpc) is 3.14. The van der Waals surface area contributed by atoms with Crippen molar-refractivity contribution in [3.05, 3.63) is 92.5 Å². The maximum atomic E-state index is 17.6. The van der Waals surface area contributed by atoms with Crippen LogP contribution in [0.1, 0.15) is 133 Å². The van der Waals surface area contributed by atoms with Crippen molar-refractivity contribution in [1.82, 2.24) is 0 Å². The molecule has 0 aromatic heterocycles. The van der Waals surface area contributed by atoms with E-state index >= 15 is 8.78 Å². The minimum absolute atomic E-state index is 0.135. The van der Waals surface area contributed by atoms with Crippen molar-refractivity contribution in [3.63, 3.8) is 0 Å². The molecule has 4 N–H and O–H groups in total. The maximum Gasteiger partial charge on any atom is 0.201 e. The van der Waals surface area contributed by atoms with Crippen LogP contribution in [0.15, 0.2) is 36.4 Å². The van der Waals surface area contributed by atoms with Crippen LogP contribution in [0.5, 0.6) is 23.0 Å². The molecule has 0 unspecified atom stereocenters. The number of phenolic OH excluding ortho intramolecular Hbond substituents is 2. The molecule has 56 heavy (non-hydrogen) atoms. The first-order valence-corrected chi connectivity index (χ1v) is 18.9. The third kappa shape index (κ3) is 8.03. The van der Waals surface area contributed by atoms with Gasteiger partial charge in [-0.2, -0.15) is 0 Å². The summed E-state index contributed by atoms with van der Waals surface area (Å²) in [6.07, 6.45) is 0. The van der Waals surface area contributed by atoms with Gasteiger partial charge in [0.2, 0.25) is 11.6 Å². The highest BCUT2D eigenvalue weighted by atomic mass is 19.1. The Hall–Kier alpha value is -5.20. The largest absolute Gasteiger partial charge is 0.507 e. The van der Waals surface area contributed by atoms with Crippen LogP contribution in [0.4, 0.5) is 31.5 Å². The van der Waals surface area contributed by atoms with Crippen molar-refractivity contribution in [2.24, 2.45) is 0 Å². The number of halogens is 2. The van der Waals surface area contributed by atoms with Gasteiger partial charge in [0.25, 0.3) is 0 Å². The van der Waals surface area contributed by atoms with Gasteiger partial charge in [-0.25, -0.2) is 8.78 Å². The summed E-state index contributed by atoms with van der Waals surface area (Å²) >= 11 is 0. The first kappa shape index (κ1) is 42.0. The topological polar surface area (TPSA) is 136 Å². The lowest BCUT2D eigenvalue weighted by atomic mass is 9.81. The first-order valence-electron chi connectivity index (χ1n) is 18.9. The van der Waals surface area contributed by atoms with Crippen molar-refractivity contribution >= 4 is 34.3 Å². The SMILES string of the molecule is COCCOc1cc(C(C)C)c(Nc2c(F)c3c(c(F)c2Nc2c(C(C)C)cc(OCCOC)cc2C(C)C)C(=O)c2c(O)ccc(O)c2C3=O)c(C(C)C)c1. The number of hydrogen-bond donors (Lipinski definition) is 4. The van der Waals surface area contributed by atoms with E-state index in [0.29, 0.717) is 49.3 Å². The van der Waals surface area contributed by atoms with Crippen LogP contribution in [0.3, 0.4) is 0 Å². The van der Waals surface area contributed by atoms with Gasteiger partial charge >= 0.3 is 0 Å². The molecule has 1 aliphatic carbocycles. The third-order valence-corrected chi connectivity index (χ3v) is 9.89. The van der Waals surface area contributed by atoms with E-state index in [-0.39, 0.29) is 23.7 Å². The number of phenols is 2. The van der Waals surface area contributed by atoms with Crippen molar-refractivity contribution in [3.8, 4) is 23.0 Å². The first-order chi connectivity index (χ1) is 26.5. The third-order valence-electron chi connectivity index (χ3n) is 9.89. The summed E-state index contributed by atoms with van der Waals surface area (Å²) in [5.41, 5.74) is 0.0727. The second-order valence-corrected chi connectivity index (χ2v) is 15.1. The average molecular weight is 775 g/mol. The molecular weight excluding hydrogens is 722 g/mol. The number of ketones is 2. The summed E-state index contributed by atoms with van der Waals surface area (Å²) < 4.78 is 57.5.